The molecule has 4 heteroatoms. The molecule has 0 unspecified atom stereocenters. The van der Waals surface area contributed by atoms with Crippen molar-refractivity contribution in [3.8, 4) is 5.75 Å². The molecule has 0 saturated heterocycles. The summed E-state index contributed by atoms with van der Waals surface area (Å²) in [6, 6.07) is 7.54. The minimum absolute atomic E-state index is 0.417. The van der Waals surface area contributed by atoms with E-state index >= 15 is 0 Å². The number of hydrogen-bond donors (Lipinski definition) is 1. The predicted octanol–water partition coefficient (Wildman–Crippen LogP) is 2.54. The van der Waals surface area contributed by atoms with Gasteiger partial charge >= 0.3 is 6.16 Å². The van der Waals surface area contributed by atoms with Gasteiger partial charge in [0.05, 0.1) is 11.2 Å². The number of rotatable bonds is 1. The normalized spacial score (nSPS) is 10.5. The zero-order valence-corrected chi connectivity index (χ0v) is 8.52. The van der Waals surface area contributed by atoms with Crippen molar-refractivity contribution in [3.05, 3.63) is 30.0 Å². The van der Waals surface area contributed by atoms with E-state index in [0.29, 0.717) is 5.75 Å². The third-order valence-corrected chi connectivity index (χ3v) is 2.53. The fourth-order valence-electron chi connectivity index (χ4n) is 1.70. The Kier molecular flexibility index (Phi) is 2.11. The van der Waals surface area contributed by atoms with Crippen molar-refractivity contribution in [1.29, 1.82) is 0 Å². The van der Waals surface area contributed by atoms with Crippen molar-refractivity contribution in [3.63, 3.8) is 0 Å². The van der Waals surface area contributed by atoms with Crippen molar-refractivity contribution in [2.24, 2.45) is 7.05 Å². The molecule has 0 amide bonds. The van der Waals surface area contributed by atoms with Crippen LogP contribution in [0.5, 0.6) is 5.75 Å². The highest BCUT2D eigenvalue weighted by Gasteiger charge is 2.14. The highest BCUT2D eigenvalue weighted by atomic mass is 16.7. The summed E-state index contributed by atoms with van der Waals surface area (Å²) in [7, 11) is 1.88. The topological polar surface area (TPSA) is 51.5 Å². The van der Waals surface area contributed by atoms with Crippen molar-refractivity contribution in [2.45, 2.75) is 6.92 Å². The summed E-state index contributed by atoms with van der Waals surface area (Å²) in [6.07, 6.45) is -1.28. The molecular weight excluding hydrogens is 194 g/mol. The number of carbonyl (C=O) groups is 1. The van der Waals surface area contributed by atoms with Gasteiger partial charge in [0.25, 0.3) is 0 Å². The lowest BCUT2D eigenvalue weighted by atomic mass is 10.2. The van der Waals surface area contributed by atoms with Crippen LogP contribution in [0.4, 0.5) is 4.79 Å². The molecular formula is C11H11NO3. The number of para-hydroxylation sites is 1. The van der Waals surface area contributed by atoms with Crippen molar-refractivity contribution in [1.82, 2.24) is 4.57 Å². The molecule has 0 fully saturated rings. The molecule has 4 nitrogen and oxygen atoms in total. The predicted molar refractivity (Wildman–Crippen MR) is 56.3 cm³/mol. The minimum Gasteiger partial charge on any atom is -0.449 e. The Labute approximate surface area is 86.7 Å². The molecule has 0 aliphatic carbocycles. The third kappa shape index (κ3) is 1.44. The number of aromatic nitrogens is 1. The van der Waals surface area contributed by atoms with Crippen molar-refractivity contribution >= 4 is 17.1 Å². The van der Waals surface area contributed by atoms with Gasteiger partial charge in [-0.05, 0) is 19.1 Å². The van der Waals surface area contributed by atoms with Crippen LogP contribution < -0.4 is 4.74 Å². The molecule has 15 heavy (non-hydrogen) atoms. The van der Waals surface area contributed by atoms with Gasteiger partial charge in [-0.1, -0.05) is 12.1 Å². The Morgan fingerprint density at radius 2 is 2.07 bits per heavy atom. The van der Waals surface area contributed by atoms with E-state index in [1.165, 1.54) is 0 Å². The van der Waals surface area contributed by atoms with Gasteiger partial charge in [-0.3, -0.25) is 0 Å². The number of carboxylic acid groups (broad SMARTS) is 1. The fourth-order valence-corrected chi connectivity index (χ4v) is 1.70. The van der Waals surface area contributed by atoms with Crippen LogP contribution in [0.25, 0.3) is 10.9 Å². The summed E-state index contributed by atoms with van der Waals surface area (Å²) in [5.41, 5.74) is 1.77. The first-order valence-corrected chi connectivity index (χ1v) is 4.56. The van der Waals surface area contributed by atoms with Gasteiger partial charge in [-0.2, -0.15) is 0 Å². The number of nitrogens with zero attached hydrogens (tertiary/aromatic N) is 1. The fraction of sp³-hybridized carbons (Fsp3) is 0.182. The van der Waals surface area contributed by atoms with Crippen LogP contribution in [0.2, 0.25) is 0 Å². The van der Waals surface area contributed by atoms with E-state index in [2.05, 4.69) is 0 Å². The molecule has 0 saturated carbocycles. The number of ether oxygens (including phenoxy) is 1. The quantitative estimate of drug-likeness (QED) is 0.728. The molecule has 0 atom stereocenters. The van der Waals surface area contributed by atoms with E-state index in [1.807, 2.05) is 42.8 Å². The summed E-state index contributed by atoms with van der Waals surface area (Å²) in [5, 5.41) is 9.45. The Balaban J connectivity index is 2.72. The second-order valence-corrected chi connectivity index (χ2v) is 3.36. The lowest BCUT2D eigenvalue weighted by Crippen LogP contribution is -2.04. The third-order valence-electron chi connectivity index (χ3n) is 2.53. The summed E-state index contributed by atoms with van der Waals surface area (Å²) in [5.74, 6) is 0.417. The average molecular weight is 205 g/mol. The van der Waals surface area contributed by atoms with Gasteiger partial charge in [0, 0.05) is 12.4 Å². The molecule has 2 aromatic rings. The maximum Gasteiger partial charge on any atom is 0.511 e. The summed E-state index contributed by atoms with van der Waals surface area (Å²) >= 11 is 0. The minimum atomic E-state index is -1.28. The first kappa shape index (κ1) is 9.58. The molecule has 1 heterocycles. The molecule has 0 bridgehead atoms. The maximum absolute atomic E-state index is 10.5. The molecule has 1 aromatic heterocycles. The highest BCUT2D eigenvalue weighted by molar-refractivity contribution is 5.90. The van der Waals surface area contributed by atoms with E-state index in [0.717, 1.165) is 16.6 Å². The Hall–Kier alpha value is -1.97. The van der Waals surface area contributed by atoms with Gasteiger partial charge in [-0.25, -0.2) is 4.79 Å². The second kappa shape index (κ2) is 3.31. The van der Waals surface area contributed by atoms with E-state index in [1.54, 1.807) is 0 Å². The molecule has 78 valence electrons. The average Bonchev–Trinajstić information content (AvgIpc) is 2.44. The second-order valence-electron chi connectivity index (χ2n) is 3.36. The van der Waals surface area contributed by atoms with Crippen LogP contribution in [-0.2, 0) is 7.05 Å². The van der Waals surface area contributed by atoms with E-state index in [9.17, 15) is 4.79 Å². The van der Waals surface area contributed by atoms with Gasteiger partial charge in [0.1, 0.15) is 0 Å². The molecule has 0 aliphatic heterocycles. The van der Waals surface area contributed by atoms with Gasteiger partial charge in [-0.15, -0.1) is 0 Å². The zero-order chi connectivity index (χ0) is 11.0. The standard InChI is InChI=1S/C11H11NO3/c1-7-10(15-11(13)14)8-5-3-4-6-9(8)12(7)2/h3-6H,1-2H3,(H,13,14). The highest BCUT2D eigenvalue weighted by Crippen LogP contribution is 2.31. The number of aryl methyl sites for hydroxylation is 1. The number of benzene rings is 1. The molecule has 0 radical (unpaired) electrons. The summed E-state index contributed by atoms with van der Waals surface area (Å²) < 4.78 is 6.69. The largest absolute Gasteiger partial charge is 0.511 e. The van der Waals surface area contributed by atoms with Crippen LogP contribution >= 0.6 is 0 Å². The van der Waals surface area contributed by atoms with E-state index < -0.39 is 6.16 Å². The smallest absolute Gasteiger partial charge is 0.449 e. The van der Waals surface area contributed by atoms with Crippen LogP contribution in [0.3, 0.4) is 0 Å². The number of fused-ring (bicyclic) bond motifs is 1. The number of hydrogen-bond acceptors (Lipinski definition) is 2. The van der Waals surface area contributed by atoms with Crippen LogP contribution in [-0.4, -0.2) is 15.8 Å². The molecule has 1 aromatic carbocycles. The zero-order valence-electron chi connectivity index (χ0n) is 8.52. The van der Waals surface area contributed by atoms with Gasteiger partial charge in [0.2, 0.25) is 0 Å². The Bertz CT molecular complexity index is 528. The van der Waals surface area contributed by atoms with Crippen molar-refractivity contribution in [2.75, 3.05) is 0 Å². The van der Waals surface area contributed by atoms with Gasteiger partial charge < -0.3 is 14.4 Å². The first-order valence-electron chi connectivity index (χ1n) is 4.56. The van der Waals surface area contributed by atoms with Crippen molar-refractivity contribution < 1.29 is 14.6 Å². The lowest BCUT2D eigenvalue weighted by molar-refractivity contribution is 0.144. The monoisotopic (exact) mass is 205 g/mol. The molecule has 1 N–H and O–H groups in total. The maximum atomic E-state index is 10.5. The summed E-state index contributed by atoms with van der Waals surface area (Å²) in [4.78, 5) is 10.5. The molecule has 0 spiro atoms. The van der Waals surface area contributed by atoms with Crippen LogP contribution in [0.15, 0.2) is 24.3 Å². The molecule has 2 rings (SSSR count). The first-order chi connectivity index (χ1) is 7.11. The lowest BCUT2D eigenvalue weighted by Gasteiger charge is -1.99. The van der Waals surface area contributed by atoms with Crippen LogP contribution in [0.1, 0.15) is 5.69 Å². The molecule has 0 aliphatic rings. The summed E-state index contributed by atoms with van der Waals surface area (Å²) in [6.45, 7) is 1.83. The Morgan fingerprint density at radius 3 is 2.73 bits per heavy atom. The van der Waals surface area contributed by atoms with Crippen LogP contribution in [0, 0.1) is 6.92 Å². The Morgan fingerprint density at radius 1 is 1.40 bits per heavy atom. The SMILES string of the molecule is Cc1c(OC(=O)O)c2ccccc2n1C. The van der Waals surface area contributed by atoms with Gasteiger partial charge in [0.15, 0.2) is 5.75 Å². The van der Waals surface area contributed by atoms with E-state index in [-0.39, 0.29) is 0 Å². The van der Waals surface area contributed by atoms with E-state index in [4.69, 9.17) is 9.84 Å².